The molecule has 7 heteroatoms. The number of nitrogens with zero attached hydrogens (tertiary/aromatic N) is 2. The van der Waals surface area contributed by atoms with Gasteiger partial charge in [0.05, 0.1) is 12.9 Å². The van der Waals surface area contributed by atoms with Gasteiger partial charge in [0.15, 0.2) is 0 Å². The number of rotatable bonds is 6. The third kappa shape index (κ3) is 4.14. The Labute approximate surface area is 161 Å². The van der Waals surface area contributed by atoms with Gasteiger partial charge in [-0.25, -0.2) is 0 Å². The molecule has 0 radical (unpaired) electrons. The van der Waals surface area contributed by atoms with E-state index in [-0.39, 0.29) is 11.7 Å². The zero-order valence-corrected chi connectivity index (χ0v) is 15.7. The van der Waals surface area contributed by atoms with Crippen LogP contribution in [0.2, 0.25) is 0 Å². The molecule has 0 saturated carbocycles. The highest BCUT2D eigenvalue weighted by atomic mass is 32.2. The maximum atomic E-state index is 12.2. The first-order valence-electron chi connectivity index (χ1n) is 8.73. The highest BCUT2D eigenvalue weighted by Gasteiger charge is 2.14. The summed E-state index contributed by atoms with van der Waals surface area (Å²) >= 11 is 1.22. The second kappa shape index (κ2) is 7.84. The van der Waals surface area contributed by atoms with E-state index < -0.39 is 0 Å². The molecular formula is C20H19N3O3S. The van der Waals surface area contributed by atoms with Crippen LogP contribution in [-0.4, -0.2) is 29.0 Å². The lowest BCUT2D eigenvalue weighted by atomic mass is 10.1. The number of nitrogens with one attached hydrogen (secondary N) is 1. The van der Waals surface area contributed by atoms with Crippen LogP contribution in [0.15, 0.2) is 52.1 Å². The first-order valence-corrected chi connectivity index (χ1v) is 9.72. The van der Waals surface area contributed by atoms with Gasteiger partial charge in [-0.3, -0.25) is 4.79 Å². The lowest BCUT2D eigenvalue weighted by Crippen LogP contribution is -2.14. The number of carbonyl (C=O) groups is 1. The molecule has 0 bridgehead atoms. The summed E-state index contributed by atoms with van der Waals surface area (Å²) in [4.78, 5) is 12.2. The van der Waals surface area contributed by atoms with E-state index in [9.17, 15) is 4.79 Å². The molecule has 0 unspecified atom stereocenters. The summed E-state index contributed by atoms with van der Waals surface area (Å²) in [5.74, 6) is 1.29. The van der Waals surface area contributed by atoms with Crippen LogP contribution in [0.1, 0.15) is 17.5 Å². The maximum absolute atomic E-state index is 12.2. The van der Waals surface area contributed by atoms with Gasteiger partial charge in [-0.1, -0.05) is 17.8 Å². The van der Waals surface area contributed by atoms with E-state index >= 15 is 0 Å². The number of methoxy groups -OCH3 is 1. The number of amides is 1. The summed E-state index contributed by atoms with van der Waals surface area (Å²) in [5, 5.41) is 11.3. The predicted octanol–water partition coefficient (Wildman–Crippen LogP) is 3.96. The summed E-state index contributed by atoms with van der Waals surface area (Å²) < 4.78 is 10.8. The molecule has 1 aliphatic rings. The van der Waals surface area contributed by atoms with Gasteiger partial charge in [-0.2, -0.15) is 0 Å². The van der Waals surface area contributed by atoms with Crippen molar-refractivity contribution in [2.24, 2.45) is 0 Å². The van der Waals surface area contributed by atoms with Gasteiger partial charge in [0.2, 0.25) is 11.8 Å². The molecule has 2 aromatic carbocycles. The average molecular weight is 381 g/mol. The summed E-state index contributed by atoms with van der Waals surface area (Å²) in [6, 6.07) is 13.5. The minimum atomic E-state index is -0.0952. The third-order valence-electron chi connectivity index (χ3n) is 4.45. The van der Waals surface area contributed by atoms with Crippen LogP contribution in [0.4, 0.5) is 5.69 Å². The van der Waals surface area contributed by atoms with E-state index in [2.05, 4.69) is 27.6 Å². The summed E-state index contributed by atoms with van der Waals surface area (Å²) in [5.41, 5.74) is 4.37. The third-order valence-corrected chi connectivity index (χ3v) is 5.27. The van der Waals surface area contributed by atoms with Crippen molar-refractivity contribution in [1.82, 2.24) is 10.2 Å². The zero-order valence-electron chi connectivity index (χ0n) is 14.9. The Morgan fingerprint density at radius 1 is 1.15 bits per heavy atom. The van der Waals surface area contributed by atoms with Gasteiger partial charge >= 0.3 is 0 Å². The van der Waals surface area contributed by atoms with Gasteiger partial charge in [0, 0.05) is 11.3 Å². The smallest absolute Gasteiger partial charge is 0.277 e. The Balaban J connectivity index is 1.33. The van der Waals surface area contributed by atoms with Gasteiger partial charge in [-0.15, -0.1) is 10.2 Å². The van der Waals surface area contributed by atoms with E-state index in [0.29, 0.717) is 11.1 Å². The van der Waals surface area contributed by atoms with E-state index in [4.69, 9.17) is 9.15 Å². The lowest BCUT2D eigenvalue weighted by Gasteiger charge is -2.06. The molecule has 4 rings (SSSR count). The first kappa shape index (κ1) is 17.6. The van der Waals surface area contributed by atoms with Crippen molar-refractivity contribution in [3.05, 3.63) is 53.6 Å². The number of hydrogen-bond donors (Lipinski definition) is 1. The molecule has 1 amide bonds. The molecule has 1 aliphatic carbocycles. The Kier molecular flexibility index (Phi) is 5.11. The standard InChI is InChI=1S/C20H19N3O3S/c1-25-17-9-6-14(7-10-17)19-22-23-20(26-19)27-12-18(24)21-16-8-5-13-3-2-4-15(13)11-16/h5-11H,2-4,12H2,1H3,(H,21,24). The van der Waals surface area contributed by atoms with Crippen molar-refractivity contribution in [1.29, 1.82) is 0 Å². The van der Waals surface area contributed by atoms with E-state index in [1.54, 1.807) is 7.11 Å². The number of fused-ring (bicyclic) bond motifs is 1. The molecular weight excluding hydrogens is 362 g/mol. The monoisotopic (exact) mass is 381 g/mol. The Morgan fingerprint density at radius 3 is 2.78 bits per heavy atom. The average Bonchev–Trinajstić information content (AvgIpc) is 3.35. The lowest BCUT2D eigenvalue weighted by molar-refractivity contribution is -0.113. The van der Waals surface area contributed by atoms with E-state index in [1.165, 1.54) is 29.3 Å². The van der Waals surface area contributed by atoms with Crippen LogP contribution in [0.25, 0.3) is 11.5 Å². The Bertz CT molecular complexity index is 953. The molecule has 0 spiro atoms. The van der Waals surface area contributed by atoms with Gasteiger partial charge in [-0.05, 0) is 66.8 Å². The molecule has 27 heavy (non-hydrogen) atoms. The predicted molar refractivity (Wildman–Crippen MR) is 104 cm³/mol. The molecule has 0 aliphatic heterocycles. The summed E-state index contributed by atoms with van der Waals surface area (Å²) in [7, 11) is 1.62. The maximum Gasteiger partial charge on any atom is 0.277 e. The van der Waals surface area contributed by atoms with E-state index in [1.807, 2.05) is 30.3 Å². The van der Waals surface area contributed by atoms with Crippen LogP contribution in [0.5, 0.6) is 5.75 Å². The van der Waals surface area contributed by atoms with Crippen LogP contribution in [-0.2, 0) is 17.6 Å². The molecule has 0 atom stereocenters. The molecule has 6 nitrogen and oxygen atoms in total. The molecule has 0 fully saturated rings. The molecule has 138 valence electrons. The fraction of sp³-hybridized carbons (Fsp3) is 0.250. The first-order chi connectivity index (χ1) is 13.2. The number of anilines is 1. The normalized spacial score (nSPS) is 12.6. The number of carbonyl (C=O) groups excluding carboxylic acids is 1. The van der Waals surface area contributed by atoms with Crippen LogP contribution >= 0.6 is 11.8 Å². The summed E-state index contributed by atoms with van der Waals surface area (Å²) in [6.07, 6.45) is 3.41. The number of hydrogen-bond acceptors (Lipinski definition) is 6. The van der Waals surface area contributed by atoms with Gasteiger partial charge in [0.25, 0.3) is 5.22 Å². The highest BCUT2D eigenvalue weighted by molar-refractivity contribution is 7.99. The molecule has 1 heterocycles. The Morgan fingerprint density at radius 2 is 1.96 bits per heavy atom. The van der Waals surface area contributed by atoms with Crippen molar-refractivity contribution in [3.63, 3.8) is 0 Å². The number of thioether (sulfide) groups is 1. The minimum Gasteiger partial charge on any atom is -0.497 e. The minimum absolute atomic E-state index is 0.0952. The van der Waals surface area contributed by atoms with Gasteiger partial charge < -0.3 is 14.5 Å². The van der Waals surface area contributed by atoms with Crippen molar-refractivity contribution >= 4 is 23.4 Å². The largest absolute Gasteiger partial charge is 0.497 e. The topological polar surface area (TPSA) is 77.2 Å². The second-order valence-corrected chi connectivity index (χ2v) is 7.20. The quantitative estimate of drug-likeness (QED) is 0.651. The van der Waals surface area contributed by atoms with Crippen molar-refractivity contribution in [2.75, 3.05) is 18.2 Å². The van der Waals surface area contributed by atoms with Crippen molar-refractivity contribution in [2.45, 2.75) is 24.5 Å². The Hall–Kier alpha value is -2.80. The number of aromatic nitrogens is 2. The molecule has 0 saturated heterocycles. The summed E-state index contributed by atoms with van der Waals surface area (Å²) in [6.45, 7) is 0. The van der Waals surface area contributed by atoms with Crippen molar-refractivity contribution < 1.29 is 13.9 Å². The van der Waals surface area contributed by atoms with Crippen molar-refractivity contribution in [3.8, 4) is 17.2 Å². The van der Waals surface area contributed by atoms with Crippen LogP contribution in [0.3, 0.4) is 0 Å². The highest BCUT2D eigenvalue weighted by Crippen LogP contribution is 2.26. The molecule has 1 N–H and O–H groups in total. The van der Waals surface area contributed by atoms with Crippen LogP contribution < -0.4 is 10.1 Å². The van der Waals surface area contributed by atoms with Gasteiger partial charge in [0.1, 0.15) is 5.75 Å². The molecule has 3 aromatic rings. The number of aryl methyl sites for hydroxylation is 2. The SMILES string of the molecule is COc1ccc(-c2nnc(SCC(=O)Nc3ccc4c(c3)CCC4)o2)cc1. The number of benzene rings is 2. The second-order valence-electron chi connectivity index (χ2n) is 6.28. The van der Waals surface area contributed by atoms with E-state index in [0.717, 1.165) is 29.8 Å². The fourth-order valence-electron chi connectivity index (χ4n) is 3.09. The van der Waals surface area contributed by atoms with Crippen LogP contribution in [0, 0.1) is 0 Å². The zero-order chi connectivity index (χ0) is 18.6. The molecule has 1 aromatic heterocycles. The fourth-order valence-corrected chi connectivity index (χ4v) is 3.66. The number of ether oxygens (including phenoxy) is 1.